The van der Waals surface area contributed by atoms with E-state index in [4.69, 9.17) is 0 Å². The Balaban J connectivity index is 3.47. The first-order valence-corrected chi connectivity index (χ1v) is 7.31. The molecule has 0 aliphatic heterocycles. The van der Waals surface area contributed by atoms with Gasteiger partial charge in [0.2, 0.25) is 0 Å². The van der Waals surface area contributed by atoms with Gasteiger partial charge in [0.25, 0.3) is 0 Å². The summed E-state index contributed by atoms with van der Waals surface area (Å²) in [5.41, 5.74) is 0. The van der Waals surface area contributed by atoms with Gasteiger partial charge in [-0.2, -0.15) is 0 Å². The highest BCUT2D eigenvalue weighted by molar-refractivity contribution is 5.53. The van der Waals surface area contributed by atoms with E-state index in [0.717, 1.165) is 32.5 Å². The molecule has 3 heteroatoms. The van der Waals surface area contributed by atoms with Crippen LogP contribution in [0.2, 0.25) is 0 Å². The second kappa shape index (κ2) is 13.3. The van der Waals surface area contributed by atoms with Gasteiger partial charge in [0.1, 0.15) is 0 Å². The smallest absolute Gasteiger partial charge is 0.0844 e. The van der Waals surface area contributed by atoms with E-state index in [0.29, 0.717) is 0 Å². The van der Waals surface area contributed by atoms with Crippen LogP contribution in [0.5, 0.6) is 0 Å². The van der Waals surface area contributed by atoms with E-state index in [-0.39, 0.29) is 0 Å². The average Bonchev–Trinajstić information content (AvgIpc) is 2.40. The van der Waals surface area contributed by atoms with E-state index in [1.54, 1.807) is 0 Å². The fraction of sp³-hybridized carbons (Fsp3) is 0.688. The van der Waals surface area contributed by atoms with Crippen molar-refractivity contribution in [2.45, 2.75) is 32.6 Å². The summed E-state index contributed by atoms with van der Waals surface area (Å²) in [5, 5.41) is 0. The average molecular weight is 265 g/mol. The molecule has 0 aromatic rings. The Kier molecular flexibility index (Phi) is 12.6. The topological polar surface area (TPSA) is 18.8 Å². The molecular formula is C16H31N3. The lowest BCUT2D eigenvalue weighted by Crippen LogP contribution is -2.30. The molecule has 0 rings (SSSR count). The van der Waals surface area contributed by atoms with Crippen LogP contribution in [0.1, 0.15) is 32.6 Å². The maximum Gasteiger partial charge on any atom is 0.0844 e. The lowest BCUT2D eigenvalue weighted by molar-refractivity contribution is 0.304. The largest absolute Gasteiger partial charge is 0.365 e. The predicted molar refractivity (Wildman–Crippen MR) is 87.0 cm³/mol. The molecule has 0 fully saturated rings. The number of hydrogen-bond acceptors (Lipinski definition) is 2. The Morgan fingerprint density at radius 1 is 0.947 bits per heavy atom. The summed E-state index contributed by atoms with van der Waals surface area (Å²) in [7, 11) is 6.06. The van der Waals surface area contributed by atoms with Gasteiger partial charge in [0, 0.05) is 27.2 Å². The van der Waals surface area contributed by atoms with Gasteiger partial charge in [-0.25, -0.2) is 0 Å². The highest BCUT2D eigenvalue weighted by Crippen LogP contribution is 1.97. The quantitative estimate of drug-likeness (QED) is 0.247. The van der Waals surface area contributed by atoms with Gasteiger partial charge in [0.15, 0.2) is 0 Å². The van der Waals surface area contributed by atoms with Crippen molar-refractivity contribution >= 4 is 6.34 Å². The molecule has 0 N–H and O–H groups in total. The van der Waals surface area contributed by atoms with Crippen molar-refractivity contribution in [3.8, 4) is 0 Å². The van der Waals surface area contributed by atoms with E-state index >= 15 is 0 Å². The first-order chi connectivity index (χ1) is 9.20. The number of hydrogen-bond donors (Lipinski definition) is 0. The van der Waals surface area contributed by atoms with Gasteiger partial charge in [-0.15, -0.1) is 0 Å². The molecule has 0 aliphatic rings. The highest BCUT2D eigenvalue weighted by atomic mass is 15.2. The summed E-state index contributed by atoms with van der Waals surface area (Å²) in [5.74, 6) is 0. The maximum atomic E-state index is 4.00. The van der Waals surface area contributed by atoms with Crippen molar-refractivity contribution in [3.63, 3.8) is 0 Å². The van der Waals surface area contributed by atoms with Gasteiger partial charge in [-0.05, 0) is 39.3 Å². The van der Waals surface area contributed by atoms with E-state index in [1.165, 1.54) is 12.8 Å². The molecule has 0 spiro atoms. The third-order valence-electron chi connectivity index (χ3n) is 2.90. The predicted octanol–water partition coefficient (Wildman–Crippen LogP) is 3.20. The summed E-state index contributed by atoms with van der Waals surface area (Å²) in [6, 6.07) is 0. The normalized spacial score (nSPS) is 12.5. The molecule has 0 saturated heterocycles. The van der Waals surface area contributed by atoms with Crippen LogP contribution in [0.15, 0.2) is 29.3 Å². The van der Waals surface area contributed by atoms with Gasteiger partial charge in [0.05, 0.1) is 6.34 Å². The SMILES string of the molecule is CC/C=C\C/C=C\CCCN(C)CCN(C)C=NC. The molecular weight excluding hydrogens is 234 g/mol. The Labute approximate surface area is 119 Å². The zero-order valence-corrected chi connectivity index (χ0v) is 13.2. The minimum absolute atomic E-state index is 1.03. The molecule has 3 nitrogen and oxygen atoms in total. The van der Waals surface area contributed by atoms with Crippen molar-refractivity contribution in [2.75, 3.05) is 40.8 Å². The minimum Gasteiger partial charge on any atom is -0.365 e. The minimum atomic E-state index is 1.03. The highest BCUT2D eigenvalue weighted by Gasteiger charge is 1.98. The second-order valence-corrected chi connectivity index (χ2v) is 4.89. The van der Waals surface area contributed by atoms with Crippen LogP contribution in [0.25, 0.3) is 0 Å². The molecule has 0 saturated carbocycles. The zero-order chi connectivity index (χ0) is 14.3. The van der Waals surface area contributed by atoms with Crippen molar-refractivity contribution in [1.29, 1.82) is 0 Å². The Morgan fingerprint density at radius 3 is 2.37 bits per heavy atom. The number of allylic oxidation sites excluding steroid dienone is 4. The summed E-state index contributed by atoms with van der Waals surface area (Å²) in [6.07, 6.45) is 15.5. The first-order valence-electron chi connectivity index (χ1n) is 7.31. The number of nitrogens with zero attached hydrogens (tertiary/aromatic N) is 3. The van der Waals surface area contributed by atoms with Crippen molar-refractivity contribution in [2.24, 2.45) is 4.99 Å². The monoisotopic (exact) mass is 265 g/mol. The molecule has 0 atom stereocenters. The van der Waals surface area contributed by atoms with Crippen molar-refractivity contribution in [1.82, 2.24) is 9.80 Å². The third kappa shape index (κ3) is 13.1. The first kappa shape index (κ1) is 17.9. The molecule has 0 aromatic heterocycles. The summed E-state index contributed by atoms with van der Waals surface area (Å²) < 4.78 is 0. The zero-order valence-electron chi connectivity index (χ0n) is 13.2. The van der Waals surface area contributed by atoms with Gasteiger partial charge >= 0.3 is 0 Å². The fourth-order valence-electron chi connectivity index (χ4n) is 1.73. The van der Waals surface area contributed by atoms with Crippen LogP contribution in [0.4, 0.5) is 0 Å². The Hall–Kier alpha value is -1.09. The Morgan fingerprint density at radius 2 is 1.68 bits per heavy atom. The van der Waals surface area contributed by atoms with E-state index in [2.05, 4.69) is 60.1 Å². The van der Waals surface area contributed by atoms with Gasteiger partial charge in [-0.1, -0.05) is 31.2 Å². The third-order valence-corrected chi connectivity index (χ3v) is 2.90. The maximum absolute atomic E-state index is 4.00. The second-order valence-electron chi connectivity index (χ2n) is 4.89. The molecule has 0 amide bonds. The van der Waals surface area contributed by atoms with Crippen LogP contribution in [0.3, 0.4) is 0 Å². The summed E-state index contributed by atoms with van der Waals surface area (Å²) in [6.45, 7) is 5.45. The standard InChI is InChI=1S/C16H31N3/c1-5-6-7-8-9-10-11-12-13-18(3)14-15-19(4)16-17-2/h6-7,9-10,16H,5,8,11-15H2,1-4H3/b7-6-,10-9-,17-16?. The Bertz CT molecular complexity index is 269. The van der Waals surface area contributed by atoms with Crippen molar-refractivity contribution < 1.29 is 0 Å². The molecule has 110 valence electrons. The van der Waals surface area contributed by atoms with E-state index in [1.807, 2.05) is 13.4 Å². The lowest BCUT2D eigenvalue weighted by Gasteiger charge is -2.19. The van der Waals surface area contributed by atoms with Crippen LogP contribution in [-0.2, 0) is 0 Å². The molecule has 0 aliphatic carbocycles. The summed E-state index contributed by atoms with van der Waals surface area (Å²) in [4.78, 5) is 8.50. The van der Waals surface area contributed by atoms with E-state index < -0.39 is 0 Å². The van der Waals surface area contributed by atoms with Crippen LogP contribution in [0, 0.1) is 0 Å². The van der Waals surface area contributed by atoms with E-state index in [9.17, 15) is 0 Å². The van der Waals surface area contributed by atoms with Crippen LogP contribution < -0.4 is 0 Å². The number of unbranched alkanes of at least 4 members (excludes halogenated alkanes) is 1. The number of aliphatic imine (C=N–C) groups is 1. The van der Waals surface area contributed by atoms with Crippen LogP contribution in [-0.4, -0.2) is 56.9 Å². The van der Waals surface area contributed by atoms with Gasteiger partial charge < -0.3 is 9.80 Å². The molecule has 19 heavy (non-hydrogen) atoms. The van der Waals surface area contributed by atoms with Crippen molar-refractivity contribution in [3.05, 3.63) is 24.3 Å². The molecule has 0 unspecified atom stereocenters. The van der Waals surface area contributed by atoms with Crippen LogP contribution >= 0.6 is 0 Å². The number of rotatable bonds is 11. The van der Waals surface area contributed by atoms with Gasteiger partial charge in [-0.3, -0.25) is 4.99 Å². The molecule has 0 bridgehead atoms. The molecule has 0 heterocycles. The number of likely N-dealkylation sites (N-methyl/N-ethyl adjacent to an activating group) is 2. The fourth-order valence-corrected chi connectivity index (χ4v) is 1.73. The molecule has 0 radical (unpaired) electrons. The molecule has 0 aromatic carbocycles. The lowest BCUT2D eigenvalue weighted by atomic mass is 10.2. The summed E-state index contributed by atoms with van der Waals surface area (Å²) >= 11 is 0.